The van der Waals surface area contributed by atoms with Gasteiger partial charge in [0.1, 0.15) is 5.82 Å². The lowest BCUT2D eigenvalue weighted by Gasteiger charge is -2.05. The number of aromatic nitrogens is 2. The quantitative estimate of drug-likeness (QED) is 0.908. The average molecular weight is 266 g/mol. The number of anilines is 1. The van der Waals surface area contributed by atoms with Crippen molar-refractivity contribution in [2.24, 2.45) is 0 Å². The number of rotatable bonds is 2. The molecule has 0 saturated heterocycles. The van der Waals surface area contributed by atoms with Crippen molar-refractivity contribution in [3.8, 4) is 0 Å². The summed E-state index contributed by atoms with van der Waals surface area (Å²) >= 11 is 5.56. The van der Waals surface area contributed by atoms with Crippen LogP contribution in [0.2, 0.25) is 5.15 Å². The van der Waals surface area contributed by atoms with Crippen LogP contribution in [0.5, 0.6) is 0 Å². The van der Waals surface area contributed by atoms with Crippen LogP contribution >= 0.6 is 11.6 Å². The van der Waals surface area contributed by atoms with E-state index in [0.29, 0.717) is 0 Å². The first-order valence-electron chi connectivity index (χ1n) is 5.13. The molecule has 2 rings (SSSR count). The number of benzene rings is 1. The molecule has 0 bridgehead atoms. The van der Waals surface area contributed by atoms with E-state index in [2.05, 4.69) is 15.5 Å². The maximum Gasteiger partial charge on any atom is 0.259 e. The summed E-state index contributed by atoms with van der Waals surface area (Å²) in [4.78, 5) is 11.8. The summed E-state index contributed by atoms with van der Waals surface area (Å²) in [6.45, 7) is 1.75. The Kier molecular flexibility index (Phi) is 3.53. The van der Waals surface area contributed by atoms with Crippen molar-refractivity contribution in [2.75, 3.05) is 5.32 Å². The van der Waals surface area contributed by atoms with E-state index >= 15 is 0 Å². The normalized spacial score (nSPS) is 10.2. The maximum absolute atomic E-state index is 13.5. The van der Waals surface area contributed by atoms with Crippen molar-refractivity contribution in [1.82, 2.24) is 10.2 Å². The van der Waals surface area contributed by atoms with E-state index in [9.17, 15) is 9.18 Å². The van der Waals surface area contributed by atoms with E-state index in [4.69, 9.17) is 11.6 Å². The van der Waals surface area contributed by atoms with Crippen molar-refractivity contribution < 1.29 is 9.18 Å². The molecule has 0 spiro atoms. The maximum atomic E-state index is 13.5. The van der Waals surface area contributed by atoms with Crippen molar-refractivity contribution in [3.05, 3.63) is 52.4 Å². The first-order chi connectivity index (χ1) is 8.56. The van der Waals surface area contributed by atoms with Crippen LogP contribution in [0.25, 0.3) is 0 Å². The lowest BCUT2D eigenvalue weighted by molar-refractivity contribution is 0.102. The molecule has 4 nitrogen and oxygen atoms in total. The van der Waals surface area contributed by atoms with Gasteiger partial charge in [-0.05, 0) is 36.8 Å². The third-order valence-corrected chi connectivity index (χ3v) is 2.44. The summed E-state index contributed by atoms with van der Waals surface area (Å²) in [5.41, 5.74) is 0.702. The summed E-state index contributed by atoms with van der Waals surface area (Å²) in [6.07, 6.45) is 0. The van der Waals surface area contributed by atoms with Gasteiger partial charge in [0.25, 0.3) is 5.91 Å². The molecule has 92 valence electrons. The Labute approximate surface area is 108 Å². The van der Waals surface area contributed by atoms with Gasteiger partial charge in [-0.1, -0.05) is 17.7 Å². The molecular weight excluding hydrogens is 257 g/mol. The summed E-state index contributed by atoms with van der Waals surface area (Å²) in [5, 5.41) is 9.88. The third-order valence-electron chi connectivity index (χ3n) is 2.24. The number of hydrogen-bond donors (Lipinski definition) is 1. The topological polar surface area (TPSA) is 54.9 Å². The zero-order valence-corrected chi connectivity index (χ0v) is 10.2. The second-order valence-electron chi connectivity index (χ2n) is 3.68. The van der Waals surface area contributed by atoms with E-state index in [1.165, 1.54) is 24.3 Å². The molecule has 0 aliphatic heterocycles. The summed E-state index contributed by atoms with van der Waals surface area (Å²) in [5.74, 6) is -0.942. The summed E-state index contributed by atoms with van der Waals surface area (Å²) in [6, 6.07) is 7.34. The number of amides is 1. The van der Waals surface area contributed by atoms with Gasteiger partial charge >= 0.3 is 0 Å². The minimum absolute atomic E-state index is 0.0441. The number of hydrogen-bond acceptors (Lipinski definition) is 3. The zero-order chi connectivity index (χ0) is 13.1. The van der Waals surface area contributed by atoms with Crippen LogP contribution < -0.4 is 5.32 Å². The van der Waals surface area contributed by atoms with Crippen LogP contribution in [-0.4, -0.2) is 16.1 Å². The molecule has 0 aliphatic carbocycles. The van der Waals surface area contributed by atoms with Gasteiger partial charge in [0.05, 0.1) is 5.56 Å². The Morgan fingerprint density at radius 1 is 1.28 bits per heavy atom. The molecule has 0 atom stereocenters. The minimum atomic E-state index is -0.580. The van der Waals surface area contributed by atoms with Gasteiger partial charge in [-0.3, -0.25) is 4.79 Å². The Morgan fingerprint density at radius 3 is 2.67 bits per heavy atom. The van der Waals surface area contributed by atoms with Gasteiger partial charge in [0.2, 0.25) is 0 Å². The lowest BCUT2D eigenvalue weighted by Crippen LogP contribution is -2.15. The Morgan fingerprint density at radius 2 is 2.06 bits per heavy atom. The van der Waals surface area contributed by atoms with Crippen LogP contribution in [0.3, 0.4) is 0 Å². The standard InChI is InChI=1S/C12H9ClFN3O/c1-7-2-3-8(9(14)6-7)12(18)15-11-5-4-10(13)16-17-11/h2-6H,1H3,(H,15,17,18). The first-order valence-corrected chi connectivity index (χ1v) is 5.51. The fourth-order valence-corrected chi connectivity index (χ4v) is 1.47. The highest BCUT2D eigenvalue weighted by Gasteiger charge is 2.12. The fraction of sp³-hybridized carbons (Fsp3) is 0.0833. The van der Waals surface area contributed by atoms with Crippen LogP contribution in [0.4, 0.5) is 10.2 Å². The zero-order valence-electron chi connectivity index (χ0n) is 9.45. The molecule has 1 aromatic heterocycles. The Balaban J connectivity index is 2.19. The van der Waals surface area contributed by atoms with Crippen LogP contribution in [0.1, 0.15) is 15.9 Å². The van der Waals surface area contributed by atoms with Crippen molar-refractivity contribution in [2.45, 2.75) is 6.92 Å². The molecule has 6 heteroatoms. The largest absolute Gasteiger partial charge is 0.305 e. The SMILES string of the molecule is Cc1ccc(C(=O)Nc2ccc(Cl)nn2)c(F)c1. The summed E-state index contributed by atoms with van der Waals surface area (Å²) < 4.78 is 13.5. The molecule has 0 aliphatic rings. The number of carbonyl (C=O) groups is 1. The van der Waals surface area contributed by atoms with Crippen LogP contribution in [-0.2, 0) is 0 Å². The predicted octanol–water partition coefficient (Wildman–Crippen LogP) is 2.83. The molecule has 0 fully saturated rings. The van der Waals surface area contributed by atoms with Gasteiger partial charge < -0.3 is 5.32 Å². The van der Waals surface area contributed by atoms with Crippen LogP contribution in [0, 0.1) is 12.7 Å². The molecule has 0 radical (unpaired) electrons. The Bertz CT molecular complexity index is 586. The van der Waals surface area contributed by atoms with Gasteiger partial charge in [-0.25, -0.2) is 4.39 Å². The van der Waals surface area contributed by atoms with E-state index in [1.807, 2.05) is 0 Å². The van der Waals surface area contributed by atoms with Gasteiger partial charge in [0.15, 0.2) is 11.0 Å². The van der Waals surface area contributed by atoms with E-state index < -0.39 is 11.7 Å². The number of nitrogens with zero attached hydrogens (tertiary/aromatic N) is 2. The smallest absolute Gasteiger partial charge is 0.259 e. The van der Waals surface area contributed by atoms with E-state index in [0.717, 1.165) is 5.56 Å². The Hall–Kier alpha value is -2.01. The molecule has 1 heterocycles. The van der Waals surface area contributed by atoms with Gasteiger partial charge in [-0.2, -0.15) is 0 Å². The molecule has 0 saturated carbocycles. The number of carbonyl (C=O) groups excluding carboxylic acids is 1. The number of halogens is 2. The second-order valence-corrected chi connectivity index (χ2v) is 4.07. The van der Waals surface area contributed by atoms with Crippen molar-refractivity contribution in [1.29, 1.82) is 0 Å². The first kappa shape index (κ1) is 12.4. The fourth-order valence-electron chi connectivity index (χ4n) is 1.37. The monoisotopic (exact) mass is 265 g/mol. The van der Waals surface area contributed by atoms with Gasteiger partial charge in [-0.15, -0.1) is 10.2 Å². The molecule has 1 aromatic carbocycles. The number of nitrogens with one attached hydrogen (secondary N) is 1. The van der Waals surface area contributed by atoms with E-state index in [1.54, 1.807) is 13.0 Å². The highest BCUT2D eigenvalue weighted by molar-refractivity contribution is 6.29. The molecule has 0 unspecified atom stereocenters. The third kappa shape index (κ3) is 2.81. The van der Waals surface area contributed by atoms with Crippen molar-refractivity contribution >= 4 is 23.3 Å². The van der Waals surface area contributed by atoms with Crippen LogP contribution in [0.15, 0.2) is 30.3 Å². The van der Waals surface area contributed by atoms with E-state index in [-0.39, 0.29) is 16.5 Å². The van der Waals surface area contributed by atoms with Crippen molar-refractivity contribution in [3.63, 3.8) is 0 Å². The highest BCUT2D eigenvalue weighted by Crippen LogP contribution is 2.12. The highest BCUT2D eigenvalue weighted by atomic mass is 35.5. The molecule has 1 N–H and O–H groups in total. The summed E-state index contributed by atoms with van der Waals surface area (Å²) in [7, 11) is 0. The lowest BCUT2D eigenvalue weighted by atomic mass is 10.1. The number of aryl methyl sites for hydroxylation is 1. The second kappa shape index (κ2) is 5.10. The molecule has 18 heavy (non-hydrogen) atoms. The molecular formula is C12H9ClFN3O. The predicted molar refractivity (Wildman–Crippen MR) is 66.1 cm³/mol. The van der Waals surface area contributed by atoms with Gasteiger partial charge in [0, 0.05) is 0 Å². The average Bonchev–Trinajstić information content (AvgIpc) is 2.32. The molecule has 2 aromatic rings. The molecule has 1 amide bonds. The minimum Gasteiger partial charge on any atom is -0.305 e.